The van der Waals surface area contributed by atoms with E-state index in [2.05, 4.69) is 48.3 Å². The first-order valence-corrected chi connectivity index (χ1v) is 32.8. The number of aliphatic hydroxyl groups excluding tert-OH is 15. The number of hydrogen-bond donors (Lipinski definition) is 20. The number of nitrogens with two attached hydrogens (primary N) is 1. The molecule has 2 heterocycles. The van der Waals surface area contributed by atoms with Crippen molar-refractivity contribution >= 4 is 41.4 Å². The fourth-order valence-corrected chi connectivity index (χ4v) is 9.99. The molecule has 0 aromatic rings. The van der Waals surface area contributed by atoms with Crippen LogP contribution >= 0.6 is 0 Å². The van der Waals surface area contributed by atoms with Gasteiger partial charge in [-0.15, -0.1) is 0 Å². The van der Waals surface area contributed by atoms with Crippen molar-refractivity contribution < 1.29 is 134 Å². The number of unbranched alkanes of at least 4 members (excludes halogenated alkanes) is 8. The molecule has 0 radical (unpaired) electrons. The molecule has 558 valence electrons. The van der Waals surface area contributed by atoms with Gasteiger partial charge >= 0.3 is 5.97 Å². The van der Waals surface area contributed by atoms with Crippen LogP contribution in [0.15, 0.2) is 24.3 Å². The molecule has 34 heteroatoms. The van der Waals surface area contributed by atoms with E-state index < -0.39 is 185 Å². The second-order valence-electron chi connectivity index (χ2n) is 24.1. The number of nitrogens with one attached hydrogen (secondary N) is 4. The van der Waals surface area contributed by atoms with Crippen LogP contribution in [0.2, 0.25) is 0 Å². The first-order valence-electron chi connectivity index (χ1n) is 32.8. The van der Waals surface area contributed by atoms with Gasteiger partial charge in [0.25, 0.3) is 5.91 Å². The minimum Gasteiger partial charge on any atom is -0.454 e. The Morgan fingerprint density at radius 3 is 1.30 bits per heavy atom. The van der Waals surface area contributed by atoms with Gasteiger partial charge in [0.2, 0.25) is 29.5 Å². The van der Waals surface area contributed by atoms with E-state index in [1.165, 1.54) is 37.5 Å². The van der Waals surface area contributed by atoms with Crippen LogP contribution in [0.5, 0.6) is 0 Å². The average Bonchev–Trinajstić information content (AvgIpc) is 0.814. The monoisotopic (exact) mass is 1390 g/mol. The average molecular weight is 1390 g/mol. The number of aliphatic hydroxyl groups is 15. The third-order valence-corrected chi connectivity index (χ3v) is 16.4. The summed E-state index contributed by atoms with van der Waals surface area (Å²) in [5.41, 5.74) is 6.28. The predicted octanol–water partition coefficient (Wildman–Crippen LogP) is -6.73. The Balaban J connectivity index is 0.000000973. The van der Waals surface area contributed by atoms with Gasteiger partial charge in [-0.3, -0.25) is 33.6 Å². The van der Waals surface area contributed by atoms with Gasteiger partial charge in [-0.1, -0.05) is 92.2 Å². The molecule has 0 bridgehead atoms. The Hall–Kier alpha value is -5.03. The van der Waals surface area contributed by atoms with E-state index in [1.807, 2.05) is 0 Å². The second kappa shape index (κ2) is 47.9. The van der Waals surface area contributed by atoms with Crippen LogP contribution in [-0.4, -0.2) is 323 Å². The van der Waals surface area contributed by atoms with Crippen molar-refractivity contribution in [3.05, 3.63) is 24.3 Å². The van der Waals surface area contributed by atoms with Gasteiger partial charge < -0.3 is 137 Å². The first-order chi connectivity index (χ1) is 45.3. The Morgan fingerprint density at radius 1 is 0.531 bits per heavy atom. The standard InChI is InChI=1S/C33H60N4O15.C29H53N3O12/c1-5-6-7-8-9-10-18(2)31(48)37(13-11-35-23(42)17-50-32(49)24(34)20(4)40)14-12-36-30(47)25(43)19(3)29(21(41)15-38)52-33-28(46)27(45)26(44)22(16-39)51-33;1-5-6-7-8-9-10-17(2)27(41)30-11-13-32(19(4)35)14-12-31-28(42)22(37)18(3)26(20(36)15-33)44-29-25(40)24(39)23(38)21(16-34)43-29/h19-22,24-29,33,38-41,43-46H,2,5-17,34H2,1,3-4H3,(H,35,42)(H,36,47);18,20-26,29,33-34,36-40H,2,5-16H2,1,3-4H3,(H,30,41)(H,31,42)/t19?,20-,21?,22?,24+,25?,26+,27+,28?,29?,33+;18?,20?,21?,22?,23-,24-,25?,26?,29-/m10/s1. The molecular formula is C62H113N7O27. The Labute approximate surface area is 560 Å². The van der Waals surface area contributed by atoms with Crippen LogP contribution < -0.4 is 27.0 Å². The molecule has 0 saturated carbocycles. The maximum atomic E-state index is 13.3. The van der Waals surface area contributed by atoms with Crippen molar-refractivity contribution in [1.82, 2.24) is 31.1 Å². The maximum absolute atomic E-state index is 13.3. The van der Waals surface area contributed by atoms with Crippen LogP contribution in [0.25, 0.3) is 0 Å². The van der Waals surface area contributed by atoms with Crippen LogP contribution in [0.1, 0.15) is 119 Å². The molecule has 2 saturated heterocycles. The maximum Gasteiger partial charge on any atom is 0.326 e. The van der Waals surface area contributed by atoms with Crippen molar-refractivity contribution in [3.8, 4) is 0 Å². The van der Waals surface area contributed by atoms with E-state index in [4.69, 9.17) is 29.4 Å². The molecule has 20 atom stereocenters. The van der Waals surface area contributed by atoms with Gasteiger partial charge in [0.1, 0.15) is 79.3 Å². The van der Waals surface area contributed by atoms with Crippen molar-refractivity contribution in [2.75, 3.05) is 85.4 Å². The van der Waals surface area contributed by atoms with Crippen LogP contribution in [0.4, 0.5) is 0 Å². The summed E-state index contributed by atoms with van der Waals surface area (Å²) in [6, 6.07) is -1.33. The first kappa shape index (κ1) is 89.0. The number of carbonyl (C=O) groups excluding carboxylic acids is 7. The lowest BCUT2D eigenvalue weighted by atomic mass is 9.92. The molecule has 0 aromatic heterocycles. The van der Waals surface area contributed by atoms with Gasteiger partial charge in [0.15, 0.2) is 19.2 Å². The van der Waals surface area contributed by atoms with Crippen LogP contribution in [0, 0.1) is 11.8 Å². The van der Waals surface area contributed by atoms with E-state index in [0.29, 0.717) is 24.0 Å². The van der Waals surface area contributed by atoms with Crippen molar-refractivity contribution in [1.29, 1.82) is 0 Å². The van der Waals surface area contributed by atoms with Crippen LogP contribution in [-0.2, 0) is 57.2 Å². The summed E-state index contributed by atoms with van der Waals surface area (Å²) >= 11 is 0. The quantitative estimate of drug-likeness (QED) is 0.0153. The molecule has 0 aromatic carbocycles. The molecule has 6 amide bonds. The lowest BCUT2D eigenvalue weighted by Crippen LogP contribution is -2.61. The van der Waals surface area contributed by atoms with Gasteiger partial charge in [-0.05, 0) is 32.6 Å². The Bertz CT molecular complexity index is 2310. The zero-order chi connectivity index (χ0) is 72.9. The molecule has 2 aliphatic heterocycles. The summed E-state index contributed by atoms with van der Waals surface area (Å²) in [6.07, 6.45) is -16.8. The SMILES string of the molecule is C=C(CCCCCCC)C(=O)N(CCNC(=O)COC(=O)[C@@H](N)[C@@H](C)O)CCNC(=O)C(O)C(C)C(O[C@@H]1OC(CO)[C@H](O)[C@H](O)C1O)C(O)CO.C=C(CCCCCCC)C(=O)NCCN(CCNC(=O)C(O)C(C)C(O[C@@H]1OC(CO)[C@H](O)[C@H](O)C1O)C(O)CO)C(C)=O. The number of rotatable bonds is 46. The normalized spacial score (nSPS) is 24.1. The van der Waals surface area contributed by atoms with E-state index >= 15 is 0 Å². The lowest BCUT2D eigenvalue weighted by molar-refractivity contribution is -0.323. The summed E-state index contributed by atoms with van der Waals surface area (Å²) in [4.78, 5) is 90.1. The summed E-state index contributed by atoms with van der Waals surface area (Å²) < 4.78 is 26.5. The fraction of sp³-hybridized carbons (Fsp3) is 0.823. The second-order valence-corrected chi connectivity index (χ2v) is 24.1. The van der Waals surface area contributed by atoms with E-state index in [9.17, 15) is 110 Å². The summed E-state index contributed by atoms with van der Waals surface area (Å²) in [5.74, 6) is -6.95. The molecule has 2 aliphatic rings. The van der Waals surface area contributed by atoms with Gasteiger partial charge in [0.05, 0.1) is 44.7 Å². The molecule has 12 unspecified atom stereocenters. The molecule has 34 nitrogen and oxygen atoms in total. The van der Waals surface area contributed by atoms with E-state index in [0.717, 1.165) is 64.2 Å². The van der Waals surface area contributed by atoms with Gasteiger partial charge in [-0.2, -0.15) is 0 Å². The highest BCUT2D eigenvalue weighted by atomic mass is 16.7. The smallest absolute Gasteiger partial charge is 0.326 e. The molecule has 2 fully saturated rings. The zero-order valence-electron chi connectivity index (χ0n) is 56.2. The third kappa shape index (κ3) is 30.6. The predicted molar refractivity (Wildman–Crippen MR) is 340 cm³/mol. The Morgan fingerprint density at radius 2 is 0.917 bits per heavy atom. The summed E-state index contributed by atoms with van der Waals surface area (Å²) in [6.45, 7) is 13.3. The number of carbonyl (C=O) groups is 7. The highest BCUT2D eigenvalue weighted by Gasteiger charge is 2.49. The number of esters is 1. The fourth-order valence-electron chi connectivity index (χ4n) is 9.99. The molecule has 0 spiro atoms. The Kier molecular flexibility index (Phi) is 44.4. The van der Waals surface area contributed by atoms with Crippen LogP contribution in [0.3, 0.4) is 0 Å². The van der Waals surface area contributed by atoms with Crippen molar-refractivity contribution in [2.45, 2.75) is 229 Å². The van der Waals surface area contributed by atoms with Gasteiger partial charge in [-0.25, -0.2) is 0 Å². The number of ether oxygens (including phenoxy) is 5. The lowest BCUT2D eigenvalue weighted by Gasteiger charge is -2.42. The van der Waals surface area contributed by atoms with E-state index in [-0.39, 0.29) is 64.2 Å². The summed E-state index contributed by atoms with van der Waals surface area (Å²) in [7, 11) is 0. The largest absolute Gasteiger partial charge is 0.454 e. The molecule has 21 N–H and O–H groups in total. The van der Waals surface area contributed by atoms with Crippen molar-refractivity contribution in [3.63, 3.8) is 0 Å². The number of nitrogens with zero attached hydrogens (tertiary/aromatic N) is 2. The molecule has 0 aliphatic carbocycles. The minimum atomic E-state index is -1.87. The molecule has 2 rings (SSSR count). The van der Waals surface area contributed by atoms with Crippen molar-refractivity contribution in [2.24, 2.45) is 17.6 Å². The zero-order valence-corrected chi connectivity index (χ0v) is 56.2. The van der Waals surface area contributed by atoms with E-state index in [1.54, 1.807) is 0 Å². The minimum absolute atomic E-state index is 0.0346. The highest BCUT2D eigenvalue weighted by Crippen LogP contribution is 2.29. The van der Waals surface area contributed by atoms with Gasteiger partial charge in [0, 0.05) is 82.3 Å². The third-order valence-electron chi connectivity index (χ3n) is 16.4. The highest BCUT2D eigenvalue weighted by molar-refractivity contribution is 5.93. The topological polar surface area (TPSA) is 550 Å². The summed E-state index contributed by atoms with van der Waals surface area (Å²) in [5, 5.41) is 160. The number of hydrogen-bond acceptors (Lipinski definition) is 28. The molecular weight excluding hydrogens is 1270 g/mol. The number of amides is 6. The molecule has 96 heavy (non-hydrogen) atoms.